The molecule has 0 radical (unpaired) electrons. The summed E-state index contributed by atoms with van der Waals surface area (Å²) in [6.45, 7) is 4.45. The van der Waals surface area contributed by atoms with Gasteiger partial charge in [0.05, 0.1) is 6.54 Å². The van der Waals surface area contributed by atoms with E-state index in [1.165, 1.54) is 128 Å². The van der Waals surface area contributed by atoms with Crippen molar-refractivity contribution in [3.05, 3.63) is 48.6 Å². The van der Waals surface area contributed by atoms with Crippen LogP contribution in [0.1, 0.15) is 200 Å². The molecule has 50 heavy (non-hydrogen) atoms. The molecule has 0 rings (SSSR count). The van der Waals surface area contributed by atoms with Crippen LogP contribution in [-0.4, -0.2) is 35.5 Å². The molecular formula is C44H78N2O4. The molecular weight excluding hydrogens is 620 g/mol. The number of aliphatic carboxylic acids is 1. The lowest BCUT2D eigenvalue weighted by Crippen LogP contribution is -2.42. The molecule has 0 saturated heterocycles. The number of unbranched alkanes of at least 4 members (excludes halogenated alkanes) is 18. The molecule has 0 fully saturated rings. The number of hydrogen-bond donors (Lipinski definition) is 3. The minimum absolute atomic E-state index is 0.0377. The zero-order valence-corrected chi connectivity index (χ0v) is 32.6. The number of allylic oxidation sites excluding steroid dienone is 8. The topological polar surface area (TPSA) is 95.5 Å². The molecule has 0 atom stereocenters. The summed E-state index contributed by atoms with van der Waals surface area (Å²) < 4.78 is 0. The molecule has 0 spiro atoms. The van der Waals surface area contributed by atoms with E-state index in [0.717, 1.165) is 38.5 Å². The van der Waals surface area contributed by atoms with Gasteiger partial charge in [-0.1, -0.05) is 152 Å². The highest BCUT2D eigenvalue weighted by Gasteiger charge is 2.13. The zero-order valence-electron chi connectivity index (χ0n) is 32.6. The summed E-state index contributed by atoms with van der Waals surface area (Å²) in [6, 6.07) is 0.142. The summed E-state index contributed by atoms with van der Waals surface area (Å²) in [5, 5.41) is 14.6. The second-order valence-corrected chi connectivity index (χ2v) is 14.0. The van der Waals surface area contributed by atoms with Crippen LogP contribution in [0.25, 0.3) is 0 Å². The Hall–Kier alpha value is -2.63. The molecule has 6 heteroatoms. The van der Waals surface area contributed by atoms with Crippen molar-refractivity contribution in [2.75, 3.05) is 6.54 Å². The fourth-order valence-corrected chi connectivity index (χ4v) is 5.99. The standard InChI is InChI=1S/C44H78N2O4/c1-3-5-7-9-11-13-15-17-19-21-23-25-27-29-31-33-36-41(46-43(48)40-45-42(47)38-35-39-44(49)50)37-34-32-30-28-26-24-22-20-18-16-14-12-10-8-6-4-2/h11-14,17-20,41H,3-10,15-16,21-40H2,1-2H3,(H,45,47)(H,46,48)(H,49,50)/b13-11-,14-12-,19-17-,20-18-. The Balaban J connectivity index is 4.23. The van der Waals surface area contributed by atoms with Gasteiger partial charge in [-0.2, -0.15) is 0 Å². The van der Waals surface area contributed by atoms with Crippen LogP contribution in [0.3, 0.4) is 0 Å². The van der Waals surface area contributed by atoms with Crippen molar-refractivity contribution >= 4 is 17.8 Å². The molecule has 0 saturated carbocycles. The Morgan fingerprint density at radius 1 is 0.480 bits per heavy atom. The van der Waals surface area contributed by atoms with Crippen LogP contribution < -0.4 is 10.6 Å². The molecule has 288 valence electrons. The third kappa shape index (κ3) is 38.2. The Labute approximate surface area is 308 Å². The molecule has 0 aromatic carbocycles. The Kier molecular flexibility index (Phi) is 37.1. The van der Waals surface area contributed by atoms with E-state index in [1.54, 1.807) is 0 Å². The smallest absolute Gasteiger partial charge is 0.303 e. The first-order chi connectivity index (χ1) is 24.5. The quantitative estimate of drug-likeness (QED) is 0.0444. The fourth-order valence-electron chi connectivity index (χ4n) is 5.99. The van der Waals surface area contributed by atoms with Crippen molar-refractivity contribution < 1.29 is 19.5 Å². The van der Waals surface area contributed by atoms with Gasteiger partial charge in [0.15, 0.2) is 0 Å². The average Bonchev–Trinajstić information content (AvgIpc) is 3.10. The molecule has 0 bridgehead atoms. The van der Waals surface area contributed by atoms with Crippen LogP contribution in [0, 0.1) is 0 Å². The van der Waals surface area contributed by atoms with Gasteiger partial charge in [0, 0.05) is 18.9 Å². The van der Waals surface area contributed by atoms with Crippen molar-refractivity contribution in [3.63, 3.8) is 0 Å². The highest BCUT2D eigenvalue weighted by molar-refractivity contribution is 5.84. The van der Waals surface area contributed by atoms with Crippen LogP contribution in [-0.2, 0) is 14.4 Å². The maximum Gasteiger partial charge on any atom is 0.303 e. The highest BCUT2D eigenvalue weighted by Crippen LogP contribution is 2.15. The normalized spacial score (nSPS) is 12.0. The van der Waals surface area contributed by atoms with E-state index in [2.05, 4.69) is 73.1 Å². The Bertz CT molecular complexity index is 860. The van der Waals surface area contributed by atoms with Gasteiger partial charge in [-0.05, 0) is 83.5 Å². The average molecular weight is 699 g/mol. The number of carboxylic acid groups (broad SMARTS) is 1. The number of carbonyl (C=O) groups is 3. The van der Waals surface area contributed by atoms with Crippen LogP contribution in [0.15, 0.2) is 48.6 Å². The SMILES string of the molecule is CCCCC/C=C\C/C=C\CCCCCCCCC(CCCCCCCC/C=C\C/C=C\CCCCC)NC(=O)CNC(=O)CCCC(=O)O. The van der Waals surface area contributed by atoms with E-state index in [-0.39, 0.29) is 43.7 Å². The van der Waals surface area contributed by atoms with Crippen LogP contribution >= 0.6 is 0 Å². The molecule has 0 aliphatic carbocycles. The van der Waals surface area contributed by atoms with Crippen molar-refractivity contribution in [3.8, 4) is 0 Å². The Morgan fingerprint density at radius 3 is 1.30 bits per heavy atom. The predicted molar refractivity (Wildman–Crippen MR) is 214 cm³/mol. The number of amides is 2. The van der Waals surface area contributed by atoms with E-state index in [0.29, 0.717) is 0 Å². The minimum Gasteiger partial charge on any atom is -0.481 e. The van der Waals surface area contributed by atoms with Crippen molar-refractivity contribution in [2.24, 2.45) is 0 Å². The summed E-state index contributed by atoms with van der Waals surface area (Å²) in [7, 11) is 0. The zero-order chi connectivity index (χ0) is 36.6. The van der Waals surface area contributed by atoms with E-state index >= 15 is 0 Å². The third-order valence-electron chi connectivity index (χ3n) is 9.11. The molecule has 0 aromatic rings. The van der Waals surface area contributed by atoms with E-state index in [9.17, 15) is 14.4 Å². The number of carbonyl (C=O) groups excluding carboxylic acids is 2. The summed E-state index contributed by atoms with van der Waals surface area (Å²) in [5.74, 6) is -1.33. The monoisotopic (exact) mass is 699 g/mol. The molecule has 0 unspecified atom stereocenters. The second-order valence-electron chi connectivity index (χ2n) is 14.0. The van der Waals surface area contributed by atoms with Crippen LogP contribution in [0.2, 0.25) is 0 Å². The van der Waals surface area contributed by atoms with Gasteiger partial charge in [0.2, 0.25) is 11.8 Å². The van der Waals surface area contributed by atoms with Crippen LogP contribution in [0.5, 0.6) is 0 Å². The van der Waals surface area contributed by atoms with Gasteiger partial charge < -0.3 is 15.7 Å². The number of hydrogen-bond acceptors (Lipinski definition) is 3. The Morgan fingerprint density at radius 2 is 0.880 bits per heavy atom. The summed E-state index contributed by atoms with van der Waals surface area (Å²) >= 11 is 0. The summed E-state index contributed by atoms with van der Waals surface area (Å²) in [5.41, 5.74) is 0. The first kappa shape index (κ1) is 47.4. The van der Waals surface area contributed by atoms with Gasteiger partial charge in [-0.3, -0.25) is 14.4 Å². The van der Waals surface area contributed by atoms with Crippen molar-refractivity contribution in [2.45, 2.75) is 206 Å². The van der Waals surface area contributed by atoms with Gasteiger partial charge in [-0.15, -0.1) is 0 Å². The molecule has 0 heterocycles. The van der Waals surface area contributed by atoms with Crippen molar-refractivity contribution in [1.82, 2.24) is 10.6 Å². The van der Waals surface area contributed by atoms with Gasteiger partial charge in [0.25, 0.3) is 0 Å². The van der Waals surface area contributed by atoms with Gasteiger partial charge in [-0.25, -0.2) is 0 Å². The number of nitrogens with one attached hydrogen (secondary N) is 2. The van der Waals surface area contributed by atoms with Gasteiger partial charge in [0.1, 0.15) is 0 Å². The number of carboxylic acids is 1. The first-order valence-corrected chi connectivity index (χ1v) is 20.9. The first-order valence-electron chi connectivity index (χ1n) is 20.9. The van der Waals surface area contributed by atoms with E-state index in [4.69, 9.17) is 5.11 Å². The molecule has 3 N–H and O–H groups in total. The molecule has 6 nitrogen and oxygen atoms in total. The maximum absolute atomic E-state index is 12.6. The summed E-state index contributed by atoms with van der Waals surface area (Å²) in [6.07, 6.45) is 50.2. The lowest BCUT2D eigenvalue weighted by atomic mass is 9.99. The minimum atomic E-state index is -0.911. The molecule has 0 aliphatic rings. The van der Waals surface area contributed by atoms with Crippen molar-refractivity contribution in [1.29, 1.82) is 0 Å². The highest BCUT2D eigenvalue weighted by atomic mass is 16.4. The molecule has 0 aromatic heterocycles. The fraction of sp³-hybridized carbons (Fsp3) is 0.750. The lowest BCUT2D eigenvalue weighted by Gasteiger charge is -2.19. The largest absolute Gasteiger partial charge is 0.481 e. The summed E-state index contributed by atoms with van der Waals surface area (Å²) in [4.78, 5) is 35.3. The molecule has 0 aliphatic heterocycles. The number of rotatable bonds is 37. The third-order valence-corrected chi connectivity index (χ3v) is 9.11. The van der Waals surface area contributed by atoms with E-state index < -0.39 is 5.97 Å². The predicted octanol–water partition coefficient (Wildman–Crippen LogP) is 12.2. The lowest BCUT2D eigenvalue weighted by molar-refractivity contribution is -0.137. The second kappa shape index (κ2) is 39.2. The van der Waals surface area contributed by atoms with E-state index in [1.807, 2.05) is 0 Å². The molecule has 2 amide bonds. The maximum atomic E-state index is 12.6. The van der Waals surface area contributed by atoms with Gasteiger partial charge >= 0.3 is 5.97 Å². The van der Waals surface area contributed by atoms with Crippen LogP contribution in [0.4, 0.5) is 0 Å².